The molecule has 5 rings (SSSR count). The molecule has 0 atom stereocenters. The van der Waals surface area contributed by atoms with Gasteiger partial charge in [0.1, 0.15) is 4.83 Å². The van der Waals surface area contributed by atoms with Gasteiger partial charge in [-0.3, -0.25) is 14.2 Å². The summed E-state index contributed by atoms with van der Waals surface area (Å²) in [6, 6.07) is 12.1. The summed E-state index contributed by atoms with van der Waals surface area (Å²) in [6.07, 6.45) is 4.24. The number of thioether (sulfide) groups is 1. The summed E-state index contributed by atoms with van der Waals surface area (Å²) in [7, 11) is 0. The van der Waals surface area contributed by atoms with E-state index in [4.69, 9.17) is 4.98 Å². The second-order valence-corrected chi connectivity index (χ2v) is 11.3. The average molecular weight is 489 g/mol. The number of carbonyl (C=O) groups is 1. The number of benzene rings is 2. The first kappa shape index (κ1) is 23.1. The van der Waals surface area contributed by atoms with Crippen LogP contribution in [0, 0.1) is 27.7 Å². The number of Topliss-reactive ketones (excluding diaryl/α,β-unsaturated/α-hetero) is 1. The van der Waals surface area contributed by atoms with Gasteiger partial charge in [0, 0.05) is 10.4 Å². The van der Waals surface area contributed by atoms with Crippen molar-refractivity contribution in [1.29, 1.82) is 0 Å². The van der Waals surface area contributed by atoms with Crippen molar-refractivity contribution >= 4 is 39.1 Å². The molecule has 0 saturated carbocycles. The molecule has 0 unspecified atom stereocenters. The lowest BCUT2D eigenvalue weighted by Crippen LogP contribution is -2.23. The minimum Gasteiger partial charge on any atom is -0.293 e. The van der Waals surface area contributed by atoms with Gasteiger partial charge < -0.3 is 0 Å². The minimum absolute atomic E-state index is 0.0141. The van der Waals surface area contributed by atoms with Crippen LogP contribution in [0.3, 0.4) is 0 Å². The van der Waals surface area contributed by atoms with Gasteiger partial charge in [0.25, 0.3) is 5.56 Å². The number of nitrogens with zero attached hydrogens (tertiary/aromatic N) is 2. The molecule has 0 amide bonds. The number of ketones is 1. The first-order chi connectivity index (χ1) is 16.3. The molecule has 4 aromatic rings. The highest BCUT2D eigenvalue weighted by Crippen LogP contribution is 2.35. The Balaban J connectivity index is 1.64. The summed E-state index contributed by atoms with van der Waals surface area (Å²) in [6.45, 7) is 8.01. The van der Waals surface area contributed by atoms with Crippen molar-refractivity contribution in [2.45, 2.75) is 58.5 Å². The summed E-state index contributed by atoms with van der Waals surface area (Å²) in [5, 5.41) is 1.36. The minimum atomic E-state index is -0.0141. The molecule has 0 fully saturated rings. The van der Waals surface area contributed by atoms with E-state index in [2.05, 4.69) is 6.07 Å². The summed E-state index contributed by atoms with van der Waals surface area (Å²) >= 11 is 3.01. The van der Waals surface area contributed by atoms with Gasteiger partial charge in [0.15, 0.2) is 10.9 Å². The van der Waals surface area contributed by atoms with E-state index in [1.54, 1.807) is 15.9 Å². The second kappa shape index (κ2) is 9.16. The van der Waals surface area contributed by atoms with E-state index in [1.165, 1.54) is 22.2 Å². The lowest BCUT2D eigenvalue weighted by atomic mass is 9.97. The van der Waals surface area contributed by atoms with Crippen LogP contribution in [0.2, 0.25) is 0 Å². The Bertz CT molecular complexity index is 1500. The molecule has 1 aliphatic carbocycles. The third-order valence-electron chi connectivity index (χ3n) is 6.59. The van der Waals surface area contributed by atoms with Gasteiger partial charge in [-0.2, -0.15) is 0 Å². The Hall–Kier alpha value is -2.70. The molecular formula is C28H28N2O2S2. The van der Waals surface area contributed by atoms with Gasteiger partial charge >= 0.3 is 0 Å². The van der Waals surface area contributed by atoms with Crippen molar-refractivity contribution in [3.05, 3.63) is 85.0 Å². The smallest absolute Gasteiger partial charge is 0.267 e. The molecule has 34 heavy (non-hydrogen) atoms. The molecule has 2 heterocycles. The van der Waals surface area contributed by atoms with Crippen LogP contribution in [0.15, 0.2) is 46.3 Å². The number of aromatic nitrogens is 2. The Kier molecular flexibility index (Phi) is 6.21. The van der Waals surface area contributed by atoms with E-state index >= 15 is 0 Å². The van der Waals surface area contributed by atoms with Crippen molar-refractivity contribution < 1.29 is 4.79 Å². The van der Waals surface area contributed by atoms with Crippen LogP contribution in [0.25, 0.3) is 15.9 Å². The van der Waals surface area contributed by atoms with Crippen LogP contribution < -0.4 is 5.56 Å². The zero-order chi connectivity index (χ0) is 24.0. The maximum absolute atomic E-state index is 14.0. The fourth-order valence-electron chi connectivity index (χ4n) is 4.70. The van der Waals surface area contributed by atoms with Gasteiger partial charge in [-0.15, -0.1) is 11.3 Å². The molecule has 0 radical (unpaired) electrons. The number of fused-ring (bicyclic) bond motifs is 3. The van der Waals surface area contributed by atoms with Crippen molar-refractivity contribution in [3.8, 4) is 5.69 Å². The highest BCUT2D eigenvalue weighted by molar-refractivity contribution is 7.99. The molecule has 4 nitrogen and oxygen atoms in total. The van der Waals surface area contributed by atoms with Crippen molar-refractivity contribution in [1.82, 2.24) is 9.55 Å². The fourth-order valence-corrected chi connectivity index (χ4v) is 6.89. The van der Waals surface area contributed by atoms with Crippen LogP contribution in [0.4, 0.5) is 0 Å². The third kappa shape index (κ3) is 4.14. The summed E-state index contributed by atoms with van der Waals surface area (Å²) in [5.74, 6) is 0.289. The molecular weight excluding hydrogens is 460 g/mol. The second-order valence-electron chi connectivity index (χ2n) is 9.25. The van der Waals surface area contributed by atoms with Crippen LogP contribution in [0.1, 0.15) is 55.9 Å². The Morgan fingerprint density at radius 1 is 1.00 bits per heavy atom. The van der Waals surface area contributed by atoms with Gasteiger partial charge in [-0.1, -0.05) is 41.6 Å². The predicted molar refractivity (Wildman–Crippen MR) is 142 cm³/mol. The first-order valence-corrected chi connectivity index (χ1v) is 13.5. The lowest BCUT2D eigenvalue weighted by Gasteiger charge is -2.16. The standard InChI is InChI=1S/C28H28N2O2S2/c1-16-9-11-18(3)21(13-16)23(31)15-33-28-29-26-25(20-7-5-6-8-24(20)34-26)27(32)30(28)22-14-17(2)10-12-19(22)4/h9-14H,5-8,15H2,1-4H3. The maximum atomic E-state index is 14.0. The number of hydrogen-bond donors (Lipinski definition) is 0. The van der Waals surface area contributed by atoms with Gasteiger partial charge in [0.05, 0.1) is 16.8 Å². The topological polar surface area (TPSA) is 52.0 Å². The molecule has 1 aliphatic rings. The Labute approximate surface area is 208 Å². The van der Waals surface area contributed by atoms with Crippen LogP contribution >= 0.6 is 23.1 Å². The van der Waals surface area contributed by atoms with E-state index in [-0.39, 0.29) is 17.1 Å². The molecule has 0 saturated heterocycles. The highest BCUT2D eigenvalue weighted by Gasteiger charge is 2.24. The first-order valence-electron chi connectivity index (χ1n) is 11.7. The van der Waals surface area contributed by atoms with Crippen LogP contribution in [0.5, 0.6) is 0 Å². The third-order valence-corrected chi connectivity index (χ3v) is 8.71. The quantitative estimate of drug-likeness (QED) is 0.182. The number of aryl methyl sites for hydroxylation is 6. The molecule has 0 bridgehead atoms. The molecule has 174 valence electrons. The SMILES string of the molecule is Cc1ccc(C)c(C(=O)CSc2nc3sc4c(c3c(=O)n2-c2cc(C)ccc2C)CCCC4)c1. The number of carbonyl (C=O) groups excluding carboxylic acids is 1. The monoisotopic (exact) mass is 488 g/mol. The Morgan fingerprint density at radius 2 is 1.71 bits per heavy atom. The fraction of sp³-hybridized carbons (Fsp3) is 0.321. The molecule has 0 aliphatic heterocycles. The molecule has 0 spiro atoms. The van der Waals surface area contributed by atoms with Crippen LogP contribution in [-0.2, 0) is 12.8 Å². The zero-order valence-corrected chi connectivity index (χ0v) is 21.7. The summed E-state index contributed by atoms with van der Waals surface area (Å²) in [5.41, 5.74) is 6.89. The van der Waals surface area contributed by atoms with Crippen molar-refractivity contribution in [3.63, 3.8) is 0 Å². The number of rotatable bonds is 5. The number of thiophene rings is 1. The molecule has 6 heteroatoms. The molecule has 2 aromatic heterocycles. The van der Waals surface area contributed by atoms with Gasteiger partial charge in [-0.25, -0.2) is 4.98 Å². The molecule has 0 N–H and O–H groups in total. The van der Waals surface area contributed by atoms with E-state index in [0.29, 0.717) is 5.16 Å². The lowest BCUT2D eigenvalue weighted by molar-refractivity contribution is 0.102. The van der Waals surface area contributed by atoms with E-state index < -0.39 is 0 Å². The highest BCUT2D eigenvalue weighted by atomic mass is 32.2. The molecule has 2 aromatic carbocycles. The average Bonchev–Trinajstić information content (AvgIpc) is 3.19. The normalized spacial score (nSPS) is 13.3. The van der Waals surface area contributed by atoms with Crippen LogP contribution in [-0.4, -0.2) is 21.1 Å². The van der Waals surface area contributed by atoms with Crippen molar-refractivity contribution in [2.75, 3.05) is 5.75 Å². The maximum Gasteiger partial charge on any atom is 0.267 e. The number of hydrogen-bond acceptors (Lipinski definition) is 5. The van der Waals surface area contributed by atoms with Crippen molar-refractivity contribution in [2.24, 2.45) is 0 Å². The van der Waals surface area contributed by atoms with E-state index in [1.807, 2.05) is 58.0 Å². The predicted octanol–water partition coefficient (Wildman–Crippen LogP) is 6.53. The summed E-state index contributed by atoms with van der Waals surface area (Å²) in [4.78, 5) is 34.2. The Morgan fingerprint density at radius 3 is 2.50 bits per heavy atom. The largest absolute Gasteiger partial charge is 0.293 e. The van der Waals surface area contributed by atoms with Gasteiger partial charge in [0.2, 0.25) is 0 Å². The zero-order valence-electron chi connectivity index (χ0n) is 20.0. The van der Waals surface area contributed by atoms with Gasteiger partial charge in [-0.05, 0) is 87.8 Å². The van der Waals surface area contributed by atoms with E-state index in [9.17, 15) is 9.59 Å². The van der Waals surface area contributed by atoms with E-state index in [0.717, 1.165) is 69.4 Å². The summed E-state index contributed by atoms with van der Waals surface area (Å²) < 4.78 is 1.74.